The van der Waals surface area contributed by atoms with Crippen LogP contribution in [0.2, 0.25) is 0 Å². The van der Waals surface area contributed by atoms with Crippen molar-refractivity contribution in [1.29, 1.82) is 0 Å². The maximum atomic E-state index is 0. The van der Waals surface area contributed by atoms with Crippen LogP contribution in [-0.4, -0.2) is 34.0 Å². The molecule has 4 N–H and O–H groups in total. The Labute approximate surface area is 63.9 Å². The van der Waals surface area contributed by atoms with E-state index in [4.69, 9.17) is 0 Å². The molecule has 0 radical (unpaired) electrons. The first-order valence-corrected chi connectivity index (χ1v) is 0. The summed E-state index contributed by atoms with van der Waals surface area (Å²) in [6.45, 7) is 0. The molecule has 0 heterocycles. The molecular formula is H6CdMgO2. The molecule has 0 aromatic carbocycles. The van der Waals surface area contributed by atoms with Crippen molar-refractivity contribution in [3.8, 4) is 0 Å². The van der Waals surface area contributed by atoms with Gasteiger partial charge >= 0.3 is 23.1 Å². The Balaban J connectivity index is 0. The summed E-state index contributed by atoms with van der Waals surface area (Å²) in [5, 5.41) is 0. The smallest absolute Gasteiger partial charge is 1.00 e. The van der Waals surface area contributed by atoms with Crippen LogP contribution in [0.3, 0.4) is 0 Å². The molecule has 2 nitrogen and oxygen atoms in total. The van der Waals surface area contributed by atoms with E-state index in [0.717, 1.165) is 0 Å². The van der Waals surface area contributed by atoms with Crippen molar-refractivity contribution in [3.05, 3.63) is 0 Å². The molecule has 0 fully saturated rings. The van der Waals surface area contributed by atoms with Gasteiger partial charge in [-0.2, -0.15) is 0 Å². The number of hydrogen-bond donors (Lipinski definition) is 0. The Kier molecular flexibility index (Phi) is 267. The average Bonchev–Trinajstić information content (AvgIpc) is 0. The standard InChI is InChI=1S/Cd.Mg.2H2O.2H/h;;2*1H2;;/q;+2;;;2*-1. The van der Waals surface area contributed by atoms with Crippen LogP contribution in [0.15, 0.2) is 0 Å². The first-order chi connectivity index (χ1) is 0. The van der Waals surface area contributed by atoms with Crippen molar-refractivity contribution in [3.63, 3.8) is 0 Å². The molecule has 0 unspecified atom stereocenters. The maximum Gasteiger partial charge on any atom is 2.00 e. The van der Waals surface area contributed by atoms with Gasteiger partial charge in [0.15, 0.2) is 0 Å². The molecule has 0 aromatic rings. The minimum Gasteiger partial charge on any atom is -1.00 e. The second-order valence-corrected chi connectivity index (χ2v) is 0. The van der Waals surface area contributed by atoms with E-state index < -0.39 is 0 Å². The molecule has 0 amide bonds. The first kappa shape index (κ1) is 46.0. The fourth-order valence-corrected chi connectivity index (χ4v) is 0. The third-order valence-corrected chi connectivity index (χ3v) is 0. The molecule has 4 heteroatoms. The van der Waals surface area contributed by atoms with Gasteiger partial charge in [0.25, 0.3) is 0 Å². The summed E-state index contributed by atoms with van der Waals surface area (Å²) in [5.74, 6) is 0. The van der Waals surface area contributed by atoms with E-state index in [1.807, 2.05) is 0 Å². The molecule has 0 aliphatic rings. The summed E-state index contributed by atoms with van der Waals surface area (Å²) in [6.07, 6.45) is 0. The summed E-state index contributed by atoms with van der Waals surface area (Å²) in [7, 11) is 0. The van der Waals surface area contributed by atoms with Gasteiger partial charge in [-0.3, -0.25) is 0 Å². The SMILES string of the molecule is O.O.[Cd].[H-].[H-].[Mg+2]. The zero-order valence-corrected chi connectivity index (χ0v) is 7.86. The molecule has 0 saturated carbocycles. The van der Waals surface area contributed by atoms with E-state index in [1.165, 1.54) is 0 Å². The third-order valence-electron chi connectivity index (χ3n) is 0. The summed E-state index contributed by atoms with van der Waals surface area (Å²) in [5.41, 5.74) is 0. The fraction of sp³-hybridized carbons (Fsp3) is 0. The maximum absolute atomic E-state index is 0. The normalized spacial score (nSPS) is 0. The van der Waals surface area contributed by atoms with E-state index in [2.05, 4.69) is 0 Å². The van der Waals surface area contributed by atoms with Crippen molar-refractivity contribution in [2.75, 3.05) is 0 Å². The van der Waals surface area contributed by atoms with Crippen LogP contribution in [0.25, 0.3) is 0 Å². The van der Waals surface area contributed by atoms with E-state index in [9.17, 15) is 0 Å². The van der Waals surface area contributed by atoms with Gasteiger partial charge < -0.3 is 13.8 Å². The molecule has 0 aromatic heterocycles. The minimum absolute atomic E-state index is 0. The molecule has 0 spiro atoms. The van der Waals surface area contributed by atoms with Gasteiger partial charge in [-0.1, -0.05) is 0 Å². The van der Waals surface area contributed by atoms with Gasteiger partial charge in [-0.15, -0.1) is 0 Å². The van der Waals surface area contributed by atoms with Crippen molar-refractivity contribution < 1.29 is 41.1 Å². The van der Waals surface area contributed by atoms with Gasteiger partial charge in [-0.25, -0.2) is 0 Å². The average molecular weight is 175 g/mol. The molecule has 0 rings (SSSR count). The van der Waals surface area contributed by atoms with Crippen molar-refractivity contribution in [2.24, 2.45) is 0 Å². The zero-order valence-electron chi connectivity index (χ0n) is 4.41. The van der Waals surface area contributed by atoms with Gasteiger partial charge in [0, 0.05) is 27.3 Å². The first-order valence-electron chi connectivity index (χ1n) is 0. The second-order valence-electron chi connectivity index (χ2n) is 0. The van der Waals surface area contributed by atoms with Crippen LogP contribution in [0.5, 0.6) is 0 Å². The van der Waals surface area contributed by atoms with E-state index in [0.29, 0.717) is 0 Å². The molecule has 0 saturated heterocycles. The van der Waals surface area contributed by atoms with Gasteiger partial charge in [-0.05, 0) is 0 Å². The minimum atomic E-state index is 0. The molecule has 0 aliphatic heterocycles. The predicted octanol–water partition coefficient (Wildman–Crippen LogP) is -1.81. The monoisotopic (exact) mass is 176 g/mol. The van der Waals surface area contributed by atoms with Crippen molar-refractivity contribution >= 4 is 23.1 Å². The molecule has 22 valence electrons. The van der Waals surface area contributed by atoms with Crippen LogP contribution in [0.1, 0.15) is 2.85 Å². The topological polar surface area (TPSA) is 63.0 Å². The van der Waals surface area contributed by atoms with Gasteiger partial charge in [0.2, 0.25) is 0 Å². The zero-order chi connectivity index (χ0) is 0. The summed E-state index contributed by atoms with van der Waals surface area (Å²) in [6, 6.07) is 0. The van der Waals surface area contributed by atoms with Crippen LogP contribution >= 0.6 is 0 Å². The van der Waals surface area contributed by atoms with E-state index in [1.54, 1.807) is 0 Å². The predicted molar refractivity (Wildman–Crippen MR) is 15.2 cm³/mol. The van der Waals surface area contributed by atoms with E-state index in [-0.39, 0.29) is 64.2 Å². The fourth-order valence-electron chi connectivity index (χ4n) is 0. The Hall–Kier alpha value is 1.61. The molecule has 0 aliphatic carbocycles. The summed E-state index contributed by atoms with van der Waals surface area (Å²) >= 11 is 0. The Morgan fingerprint density at radius 3 is 1.00 bits per heavy atom. The Morgan fingerprint density at radius 1 is 1.00 bits per heavy atom. The quantitative estimate of drug-likeness (QED) is 0.389. The number of hydrogen-bond acceptors (Lipinski definition) is 0. The Morgan fingerprint density at radius 2 is 1.00 bits per heavy atom. The van der Waals surface area contributed by atoms with Crippen molar-refractivity contribution in [2.45, 2.75) is 0 Å². The summed E-state index contributed by atoms with van der Waals surface area (Å²) in [4.78, 5) is 0. The molecule has 0 bridgehead atoms. The van der Waals surface area contributed by atoms with Crippen LogP contribution in [0, 0.1) is 0 Å². The van der Waals surface area contributed by atoms with Crippen LogP contribution in [0.4, 0.5) is 0 Å². The molecule has 0 atom stereocenters. The Bertz CT molecular complexity index is 11.5. The van der Waals surface area contributed by atoms with Crippen LogP contribution in [-0.2, 0) is 27.3 Å². The number of rotatable bonds is 0. The van der Waals surface area contributed by atoms with E-state index >= 15 is 0 Å². The third kappa shape index (κ3) is 9.49. The van der Waals surface area contributed by atoms with Crippen LogP contribution < -0.4 is 0 Å². The molecule has 4 heavy (non-hydrogen) atoms. The molecular weight excluding hydrogens is 169 g/mol. The summed E-state index contributed by atoms with van der Waals surface area (Å²) < 4.78 is 0. The second kappa shape index (κ2) is 23.2. The largest absolute Gasteiger partial charge is 2.00 e. The van der Waals surface area contributed by atoms with Crippen molar-refractivity contribution in [1.82, 2.24) is 0 Å². The van der Waals surface area contributed by atoms with Gasteiger partial charge in [0.1, 0.15) is 0 Å². The van der Waals surface area contributed by atoms with Gasteiger partial charge in [0.05, 0.1) is 0 Å².